The number of thiocarbonyl (C=S) groups is 1. The van der Waals surface area contributed by atoms with Gasteiger partial charge in [0, 0.05) is 17.3 Å². The van der Waals surface area contributed by atoms with Crippen LogP contribution in [0, 0.1) is 5.82 Å². The van der Waals surface area contributed by atoms with Crippen molar-refractivity contribution in [3.05, 3.63) is 29.6 Å². The number of nitrogens with two attached hydrogens (primary N) is 1. The average molecular weight is 280 g/mol. The fourth-order valence-corrected chi connectivity index (χ4v) is 2.84. The molecule has 0 amide bonds. The third-order valence-corrected chi connectivity index (χ3v) is 3.93. The van der Waals surface area contributed by atoms with E-state index in [4.69, 9.17) is 18.0 Å². The summed E-state index contributed by atoms with van der Waals surface area (Å²) in [5.74, 6) is -0.300. The number of nitrogens with one attached hydrogen (secondary N) is 1. The van der Waals surface area contributed by atoms with Crippen LogP contribution >= 0.6 is 12.2 Å². The second kappa shape index (κ2) is 6.85. The summed E-state index contributed by atoms with van der Waals surface area (Å²) in [6.45, 7) is 0. The van der Waals surface area contributed by atoms with Crippen molar-refractivity contribution in [2.45, 2.75) is 51.0 Å². The first-order chi connectivity index (χ1) is 9.16. The van der Waals surface area contributed by atoms with Crippen molar-refractivity contribution in [2.75, 3.05) is 5.32 Å². The molecular weight excluding hydrogens is 259 g/mol. The van der Waals surface area contributed by atoms with Gasteiger partial charge in [-0.3, -0.25) is 0 Å². The third-order valence-electron chi connectivity index (χ3n) is 3.71. The molecule has 3 N–H and O–H groups in total. The van der Waals surface area contributed by atoms with E-state index in [0.29, 0.717) is 11.6 Å². The van der Waals surface area contributed by atoms with E-state index in [1.54, 1.807) is 6.07 Å². The van der Waals surface area contributed by atoms with Crippen molar-refractivity contribution < 1.29 is 4.39 Å². The molecule has 0 saturated heterocycles. The molecule has 1 aliphatic rings. The molecule has 104 valence electrons. The van der Waals surface area contributed by atoms with E-state index in [1.807, 2.05) is 0 Å². The van der Waals surface area contributed by atoms with Crippen molar-refractivity contribution in [1.29, 1.82) is 0 Å². The van der Waals surface area contributed by atoms with Gasteiger partial charge in [-0.15, -0.1) is 0 Å². The van der Waals surface area contributed by atoms with Crippen LogP contribution in [0.1, 0.15) is 50.5 Å². The second-order valence-corrected chi connectivity index (χ2v) is 5.68. The first-order valence-electron chi connectivity index (χ1n) is 7.02. The van der Waals surface area contributed by atoms with Crippen LogP contribution in [0.25, 0.3) is 0 Å². The van der Waals surface area contributed by atoms with Gasteiger partial charge in [0.25, 0.3) is 0 Å². The van der Waals surface area contributed by atoms with Crippen LogP contribution in [0.3, 0.4) is 0 Å². The zero-order chi connectivity index (χ0) is 13.7. The number of rotatable bonds is 3. The van der Waals surface area contributed by atoms with Crippen molar-refractivity contribution in [2.24, 2.45) is 5.73 Å². The molecule has 2 nitrogen and oxygen atoms in total. The largest absolute Gasteiger partial charge is 0.389 e. The Morgan fingerprint density at radius 3 is 2.42 bits per heavy atom. The molecule has 2 rings (SSSR count). The molecule has 4 heteroatoms. The van der Waals surface area contributed by atoms with Crippen molar-refractivity contribution in [3.63, 3.8) is 0 Å². The predicted molar refractivity (Wildman–Crippen MR) is 82.0 cm³/mol. The van der Waals surface area contributed by atoms with Gasteiger partial charge in [0.05, 0.1) is 0 Å². The Kier molecular flexibility index (Phi) is 5.14. The zero-order valence-corrected chi connectivity index (χ0v) is 11.9. The maximum Gasteiger partial charge on any atom is 0.124 e. The Bertz CT molecular complexity index is 440. The van der Waals surface area contributed by atoms with Crippen molar-refractivity contribution >= 4 is 22.9 Å². The first kappa shape index (κ1) is 14.3. The van der Waals surface area contributed by atoms with Crippen LogP contribution in [-0.2, 0) is 0 Å². The highest BCUT2D eigenvalue weighted by Gasteiger charge is 2.14. The number of benzene rings is 1. The maximum absolute atomic E-state index is 13.3. The van der Waals surface area contributed by atoms with E-state index >= 15 is 0 Å². The number of hydrogen-bond donors (Lipinski definition) is 2. The summed E-state index contributed by atoms with van der Waals surface area (Å²) in [5.41, 5.74) is 7.14. The monoisotopic (exact) mass is 280 g/mol. The number of anilines is 1. The summed E-state index contributed by atoms with van der Waals surface area (Å²) in [4.78, 5) is 0.243. The Morgan fingerprint density at radius 2 is 1.79 bits per heavy atom. The van der Waals surface area contributed by atoms with Gasteiger partial charge in [0.2, 0.25) is 0 Å². The highest BCUT2D eigenvalue weighted by atomic mass is 32.1. The quantitative estimate of drug-likeness (QED) is 0.822. The second-order valence-electron chi connectivity index (χ2n) is 5.24. The van der Waals surface area contributed by atoms with Gasteiger partial charge in [0.15, 0.2) is 0 Å². The minimum Gasteiger partial charge on any atom is -0.389 e. The van der Waals surface area contributed by atoms with Crippen molar-refractivity contribution in [1.82, 2.24) is 0 Å². The lowest BCUT2D eigenvalue weighted by molar-refractivity contribution is 0.471. The van der Waals surface area contributed by atoms with E-state index < -0.39 is 0 Å². The molecule has 0 spiro atoms. The summed E-state index contributed by atoms with van der Waals surface area (Å²) in [6.07, 6.45) is 8.79. The van der Waals surface area contributed by atoms with Gasteiger partial charge in [-0.05, 0) is 31.0 Å². The van der Waals surface area contributed by atoms with Gasteiger partial charge in [-0.25, -0.2) is 4.39 Å². The third kappa shape index (κ3) is 4.16. The van der Waals surface area contributed by atoms with E-state index in [1.165, 1.54) is 44.2 Å². The van der Waals surface area contributed by atoms with Crippen LogP contribution < -0.4 is 11.1 Å². The molecule has 0 heterocycles. The SMILES string of the molecule is NC(=S)c1cc(F)ccc1NC1CCCCCCC1. The summed E-state index contributed by atoms with van der Waals surface area (Å²) < 4.78 is 13.3. The number of hydrogen-bond acceptors (Lipinski definition) is 2. The van der Waals surface area contributed by atoms with E-state index in [-0.39, 0.29) is 10.8 Å². The van der Waals surface area contributed by atoms with Crippen molar-refractivity contribution in [3.8, 4) is 0 Å². The molecule has 1 aliphatic carbocycles. The smallest absolute Gasteiger partial charge is 0.124 e. The van der Waals surface area contributed by atoms with Crippen LogP contribution in [0.2, 0.25) is 0 Å². The predicted octanol–water partition coefficient (Wildman–Crippen LogP) is 3.98. The fourth-order valence-electron chi connectivity index (χ4n) is 2.67. The fraction of sp³-hybridized carbons (Fsp3) is 0.533. The Labute approximate surface area is 119 Å². The Hall–Kier alpha value is -1.16. The highest BCUT2D eigenvalue weighted by Crippen LogP contribution is 2.23. The van der Waals surface area contributed by atoms with E-state index in [0.717, 1.165) is 18.5 Å². The molecule has 0 atom stereocenters. The molecule has 1 saturated carbocycles. The zero-order valence-electron chi connectivity index (χ0n) is 11.1. The Morgan fingerprint density at radius 1 is 1.16 bits per heavy atom. The summed E-state index contributed by atoms with van der Waals surface area (Å²) in [6, 6.07) is 5.04. The van der Waals surface area contributed by atoms with Gasteiger partial charge in [0.1, 0.15) is 10.8 Å². The summed E-state index contributed by atoms with van der Waals surface area (Å²) in [5, 5.41) is 3.49. The average Bonchev–Trinajstić information content (AvgIpc) is 2.34. The topological polar surface area (TPSA) is 38.0 Å². The molecule has 0 radical (unpaired) electrons. The lowest BCUT2D eigenvalue weighted by Crippen LogP contribution is -2.23. The highest BCUT2D eigenvalue weighted by molar-refractivity contribution is 7.80. The number of halogens is 1. The molecule has 19 heavy (non-hydrogen) atoms. The summed E-state index contributed by atoms with van der Waals surface area (Å²) in [7, 11) is 0. The van der Waals surface area contributed by atoms with Gasteiger partial charge in [-0.2, -0.15) is 0 Å². The molecule has 0 unspecified atom stereocenters. The van der Waals surface area contributed by atoms with Gasteiger partial charge in [-0.1, -0.05) is 44.3 Å². The molecule has 0 bridgehead atoms. The normalized spacial score (nSPS) is 17.5. The van der Waals surface area contributed by atoms with Crippen LogP contribution in [-0.4, -0.2) is 11.0 Å². The minimum atomic E-state index is -0.300. The van der Waals surface area contributed by atoms with E-state index in [2.05, 4.69) is 5.32 Å². The standard InChI is InChI=1S/C15H21FN2S/c16-11-8-9-14(13(10-11)15(17)19)18-12-6-4-2-1-3-5-7-12/h8-10,12,18H,1-7H2,(H2,17,19). The summed E-state index contributed by atoms with van der Waals surface area (Å²) >= 11 is 5.00. The van der Waals surface area contributed by atoms with E-state index in [9.17, 15) is 4.39 Å². The van der Waals surface area contributed by atoms with Crippen LogP contribution in [0.5, 0.6) is 0 Å². The van der Waals surface area contributed by atoms with Gasteiger partial charge < -0.3 is 11.1 Å². The molecule has 0 aliphatic heterocycles. The minimum absolute atomic E-state index is 0.243. The molecular formula is C15H21FN2S. The molecule has 1 aromatic rings. The molecule has 1 fully saturated rings. The first-order valence-corrected chi connectivity index (χ1v) is 7.43. The maximum atomic E-state index is 13.3. The molecule has 1 aromatic carbocycles. The lowest BCUT2D eigenvalue weighted by atomic mass is 9.96. The van der Waals surface area contributed by atoms with Gasteiger partial charge >= 0.3 is 0 Å². The molecule has 0 aromatic heterocycles. The lowest BCUT2D eigenvalue weighted by Gasteiger charge is -2.23. The Balaban J connectivity index is 2.10. The van der Waals surface area contributed by atoms with Crippen LogP contribution in [0.15, 0.2) is 18.2 Å². The van der Waals surface area contributed by atoms with Crippen LogP contribution in [0.4, 0.5) is 10.1 Å².